The number of carbonyl (C=O) groups is 3. The van der Waals surface area contributed by atoms with E-state index in [9.17, 15) is 14.4 Å². The van der Waals surface area contributed by atoms with E-state index in [-0.39, 0.29) is 59.9 Å². The van der Waals surface area contributed by atoms with Crippen LogP contribution in [0, 0.1) is 22.7 Å². The second-order valence-corrected chi connectivity index (χ2v) is 9.88. The van der Waals surface area contributed by atoms with Crippen molar-refractivity contribution in [2.45, 2.75) is 58.4 Å². The molecule has 2 fully saturated rings. The van der Waals surface area contributed by atoms with Gasteiger partial charge in [-0.05, 0) is 36.7 Å². The molecule has 0 bridgehead atoms. The van der Waals surface area contributed by atoms with E-state index in [0.29, 0.717) is 18.4 Å². The number of allylic oxidation sites excluding steroid dienone is 2. The van der Waals surface area contributed by atoms with Crippen molar-refractivity contribution in [3.63, 3.8) is 0 Å². The highest BCUT2D eigenvalue weighted by Gasteiger charge is 2.60. The van der Waals surface area contributed by atoms with Crippen LogP contribution >= 0.6 is 11.6 Å². The lowest BCUT2D eigenvalue weighted by molar-refractivity contribution is -0.189. The van der Waals surface area contributed by atoms with Crippen LogP contribution < -0.4 is 0 Å². The molecule has 0 amide bonds. The zero-order valence-corrected chi connectivity index (χ0v) is 19.4. The number of rotatable bonds is 5. The van der Waals surface area contributed by atoms with Gasteiger partial charge in [-0.3, -0.25) is 9.59 Å². The molecule has 170 valence electrons. The van der Waals surface area contributed by atoms with Crippen LogP contribution in [0.4, 0.5) is 0 Å². The van der Waals surface area contributed by atoms with Gasteiger partial charge in [0.25, 0.3) is 0 Å². The van der Waals surface area contributed by atoms with Crippen LogP contribution in [0.25, 0.3) is 0 Å². The number of ether oxygens (including phenoxy) is 3. The number of halogens is 1. The smallest absolute Gasteiger partial charge is 0.338 e. The summed E-state index contributed by atoms with van der Waals surface area (Å²) in [5, 5.41) is -0.287. The van der Waals surface area contributed by atoms with Crippen molar-refractivity contribution in [3.05, 3.63) is 36.0 Å². The van der Waals surface area contributed by atoms with Gasteiger partial charge < -0.3 is 14.2 Å². The van der Waals surface area contributed by atoms with Crippen LogP contribution in [0.15, 0.2) is 36.0 Å². The summed E-state index contributed by atoms with van der Waals surface area (Å²) in [5.74, 6) is -1.14. The summed E-state index contributed by atoms with van der Waals surface area (Å²) >= 11 is 6.76. The number of hydrogen-bond acceptors (Lipinski definition) is 6. The molecule has 1 heterocycles. The van der Waals surface area contributed by atoms with Gasteiger partial charge in [-0.25, -0.2) is 4.79 Å². The average Bonchev–Trinajstić information content (AvgIpc) is 3.10. The number of cyclic esters (lactones) is 1. The van der Waals surface area contributed by atoms with Gasteiger partial charge in [0.2, 0.25) is 0 Å². The number of alkyl halides is 1. The van der Waals surface area contributed by atoms with Gasteiger partial charge in [0.15, 0.2) is 0 Å². The fourth-order valence-electron chi connectivity index (χ4n) is 5.71. The third kappa shape index (κ3) is 4.45. The lowest BCUT2D eigenvalue weighted by atomic mass is 9.46. The molecule has 2 saturated carbocycles. The maximum Gasteiger partial charge on any atom is 0.338 e. The fraction of sp³-hybridized carbons (Fsp3) is 0.625. The van der Waals surface area contributed by atoms with Crippen molar-refractivity contribution in [2.24, 2.45) is 22.7 Å². The molecule has 1 aliphatic heterocycles. The van der Waals surface area contributed by atoms with Crippen LogP contribution in [-0.2, 0) is 28.6 Å². The zero-order valence-electron chi connectivity index (χ0n) is 18.6. The Labute approximate surface area is 188 Å². The van der Waals surface area contributed by atoms with Crippen molar-refractivity contribution in [1.82, 2.24) is 0 Å². The van der Waals surface area contributed by atoms with Crippen LogP contribution in [0.2, 0.25) is 0 Å². The molecular formula is C24H31ClO6. The standard InChI is InChI=1S/C24H31ClO6/c1-14-18(7-6-17-9-11-29-22(17)28)23(4)10-8-21(31-16(3)27)24(5,13-30-15(2)26)20(23)12-19(14)25/h6-7,9,18-21H,1,8,10-13H2,2-5H3/b7-6+. The van der Waals surface area contributed by atoms with E-state index in [1.807, 2.05) is 13.0 Å². The minimum Gasteiger partial charge on any atom is -0.465 e. The number of esters is 3. The van der Waals surface area contributed by atoms with Gasteiger partial charge in [0, 0.05) is 25.2 Å². The molecule has 31 heavy (non-hydrogen) atoms. The molecule has 0 radical (unpaired) electrons. The highest BCUT2D eigenvalue weighted by atomic mass is 35.5. The summed E-state index contributed by atoms with van der Waals surface area (Å²) in [5.41, 5.74) is 0.578. The fourth-order valence-corrected chi connectivity index (χ4v) is 6.02. The Morgan fingerprint density at radius 1 is 1.32 bits per heavy atom. The molecule has 3 aliphatic rings. The van der Waals surface area contributed by atoms with Crippen molar-refractivity contribution in [2.75, 3.05) is 13.2 Å². The molecule has 0 saturated heterocycles. The molecule has 0 spiro atoms. The average molecular weight is 451 g/mol. The summed E-state index contributed by atoms with van der Waals surface area (Å²) in [6.07, 6.45) is 7.23. The monoisotopic (exact) mass is 450 g/mol. The number of hydrogen-bond donors (Lipinski definition) is 0. The van der Waals surface area contributed by atoms with Crippen LogP contribution in [-0.4, -0.2) is 42.6 Å². The predicted octanol–water partition coefficient (Wildman–Crippen LogP) is 4.13. The second kappa shape index (κ2) is 8.81. The van der Waals surface area contributed by atoms with Gasteiger partial charge in [-0.15, -0.1) is 11.6 Å². The second-order valence-electron chi connectivity index (χ2n) is 9.35. The Hall–Kier alpha value is -2.08. The third-order valence-corrected chi connectivity index (χ3v) is 7.80. The lowest BCUT2D eigenvalue weighted by Crippen LogP contribution is -2.59. The van der Waals surface area contributed by atoms with Gasteiger partial charge in [-0.1, -0.05) is 38.2 Å². The molecule has 6 unspecified atom stereocenters. The quantitative estimate of drug-likeness (QED) is 0.271. The molecule has 0 aromatic carbocycles. The SMILES string of the molecule is C=C1C(Cl)CC2C(C)(COC(C)=O)C(OC(C)=O)CCC2(C)C1/C=C/C1=CCOC1=O. The molecular weight excluding hydrogens is 420 g/mol. The molecule has 0 N–H and O–H groups in total. The van der Waals surface area contributed by atoms with Gasteiger partial charge >= 0.3 is 17.9 Å². The minimum atomic E-state index is -0.601. The van der Waals surface area contributed by atoms with E-state index in [1.54, 1.807) is 12.2 Å². The van der Waals surface area contributed by atoms with Crippen molar-refractivity contribution in [3.8, 4) is 0 Å². The molecule has 6 atom stereocenters. The van der Waals surface area contributed by atoms with E-state index in [4.69, 9.17) is 25.8 Å². The maximum absolute atomic E-state index is 11.9. The van der Waals surface area contributed by atoms with Gasteiger partial charge in [-0.2, -0.15) is 0 Å². The Bertz CT molecular complexity index is 845. The summed E-state index contributed by atoms with van der Waals surface area (Å²) in [6, 6.07) is 0. The Kier molecular flexibility index (Phi) is 6.70. The lowest BCUT2D eigenvalue weighted by Gasteiger charge is -2.60. The first-order valence-corrected chi connectivity index (χ1v) is 11.1. The molecule has 7 heteroatoms. The highest BCUT2D eigenvalue weighted by Crippen LogP contribution is 2.62. The largest absolute Gasteiger partial charge is 0.465 e. The van der Waals surface area contributed by atoms with Crippen molar-refractivity contribution in [1.29, 1.82) is 0 Å². The highest BCUT2D eigenvalue weighted by molar-refractivity contribution is 6.22. The summed E-state index contributed by atoms with van der Waals surface area (Å²) in [6.45, 7) is 11.7. The molecule has 3 rings (SSSR count). The Morgan fingerprint density at radius 3 is 2.61 bits per heavy atom. The topological polar surface area (TPSA) is 78.9 Å². The van der Waals surface area contributed by atoms with E-state index < -0.39 is 5.41 Å². The maximum atomic E-state index is 11.9. The molecule has 2 aliphatic carbocycles. The molecule has 6 nitrogen and oxygen atoms in total. The first kappa shape index (κ1) is 23.6. The molecule has 0 aromatic heterocycles. The summed E-state index contributed by atoms with van der Waals surface area (Å²) < 4.78 is 16.2. The first-order valence-electron chi connectivity index (χ1n) is 10.7. The number of carbonyl (C=O) groups excluding carboxylic acids is 3. The van der Waals surface area contributed by atoms with Crippen LogP contribution in [0.3, 0.4) is 0 Å². The molecule has 0 aromatic rings. The minimum absolute atomic E-state index is 0.00427. The van der Waals surface area contributed by atoms with Gasteiger partial charge in [0.05, 0.1) is 11.0 Å². The predicted molar refractivity (Wildman–Crippen MR) is 116 cm³/mol. The third-order valence-electron chi connectivity index (χ3n) is 7.34. The van der Waals surface area contributed by atoms with Crippen LogP contribution in [0.1, 0.15) is 47.0 Å². The Morgan fingerprint density at radius 2 is 2.03 bits per heavy atom. The normalized spacial score (nSPS) is 37.8. The van der Waals surface area contributed by atoms with Crippen molar-refractivity contribution >= 4 is 29.5 Å². The van der Waals surface area contributed by atoms with Gasteiger partial charge in [0.1, 0.15) is 19.3 Å². The van der Waals surface area contributed by atoms with E-state index in [2.05, 4.69) is 13.5 Å². The first-order chi connectivity index (χ1) is 14.5. The summed E-state index contributed by atoms with van der Waals surface area (Å²) in [7, 11) is 0. The Balaban J connectivity index is 1.99. The van der Waals surface area contributed by atoms with Crippen molar-refractivity contribution < 1.29 is 28.6 Å². The van der Waals surface area contributed by atoms with E-state index in [1.165, 1.54) is 13.8 Å². The van der Waals surface area contributed by atoms with E-state index >= 15 is 0 Å². The van der Waals surface area contributed by atoms with Crippen LogP contribution in [0.5, 0.6) is 0 Å². The number of fused-ring (bicyclic) bond motifs is 1. The summed E-state index contributed by atoms with van der Waals surface area (Å²) in [4.78, 5) is 35.3. The van der Waals surface area contributed by atoms with E-state index in [0.717, 1.165) is 12.0 Å². The zero-order chi connectivity index (χ0) is 23.0.